The molecule has 0 aromatic rings. The summed E-state index contributed by atoms with van der Waals surface area (Å²) in [4.78, 5) is 69.5. The molecule has 41 heavy (non-hydrogen) atoms. The summed E-state index contributed by atoms with van der Waals surface area (Å²) < 4.78 is 0. The van der Waals surface area contributed by atoms with Gasteiger partial charge in [0.05, 0.1) is 12.6 Å². The fraction of sp³-hybridized carbons (Fsp3) is 0.778. The van der Waals surface area contributed by atoms with Gasteiger partial charge in [-0.3, -0.25) is 24.0 Å². The lowest BCUT2D eigenvalue weighted by molar-refractivity contribution is -0.142. The summed E-state index contributed by atoms with van der Waals surface area (Å²) in [6.07, 6.45) is 8.63. The third-order valence-corrected chi connectivity index (χ3v) is 6.21. The number of carboxylic acid groups (broad SMARTS) is 2. The fourth-order valence-electron chi connectivity index (χ4n) is 3.78. The molecule has 0 aliphatic rings. The third-order valence-electron chi connectivity index (χ3n) is 6.21. The highest BCUT2D eigenvalue weighted by Crippen LogP contribution is 2.08. The van der Waals surface area contributed by atoms with Crippen LogP contribution in [0.3, 0.4) is 0 Å². The van der Waals surface area contributed by atoms with Gasteiger partial charge in [0, 0.05) is 38.9 Å². The number of unbranched alkanes of at least 4 members (excludes halogenated alkanes) is 6. The minimum Gasteiger partial charge on any atom is -0.481 e. The summed E-state index contributed by atoms with van der Waals surface area (Å²) in [7, 11) is 0. The summed E-state index contributed by atoms with van der Waals surface area (Å²) in [6.45, 7) is 3.25. The molecule has 2 unspecified atom stereocenters. The van der Waals surface area contributed by atoms with Crippen molar-refractivity contribution >= 4 is 35.6 Å². The van der Waals surface area contributed by atoms with Crippen LogP contribution in [0.1, 0.15) is 90.4 Å². The van der Waals surface area contributed by atoms with Gasteiger partial charge in [-0.05, 0) is 32.2 Å². The van der Waals surface area contributed by atoms with E-state index in [0.29, 0.717) is 32.5 Å². The van der Waals surface area contributed by atoms with Crippen LogP contribution in [0.2, 0.25) is 0 Å². The van der Waals surface area contributed by atoms with Crippen molar-refractivity contribution in [3.63, 3.8) is 0 Å². The van der Waals surface area contributed by atoms with Crippen LogP contribution in [0.15, 0.2) is 0 Å². The average Bonchev–Trinajstić information content (AvgIpc) is 2.92. The lowest BCUT2D eigenvalue weighted by Gasteiger charge is -2.15. The minimum absolute atomic E-state index is 0.0333. The first kappa shape index (κ1) is 37.7. The molecule has 236 valence electrons. The van der Waals surface area contributed by atoms with E-state index in [4.69, 9.17) is 10.8 Å². The lowest BCUT2D eigenvalue weighted by Crippen LogP contribution is -2.47. The maximum atomic E-state index is 12.1. The van der Waals surface area contributed by atoms with Crippen LogP contribution < -0.4 is 32.3 Å². The molecule has 0 heterocycles. The molecule has 2 atom stereocenters. The molecule has 0 rings (SSSR count). The molecule has 0 fully saturated rings. The van der Waals surface area contributed by atoms with Gasteiger partial charge in [-0.25, -0.2) is 4.79 Å². The van der Waals surface area contributed by atoms with Crippen molar-refractivity contribution in [1.29, 1.82) is 0 Å². The Bertz CT molecular complexity index is 811. The normalized spacial score (nSPS) is 12.1. The van der Waals surface area contributed by atoms with Crippen molar-refractivity contribution in [2.75, 3.05) is 32.7 Å². The maximum Gasteiger partial charge on any atom is 0.326 e. The van der Waals surface area contributed by atoms with Crippen molar-refractivity contribution in [1.82, 2.24) is 26.6 Å². The number of carboxylic acids is 2. The van der Waals surface area contributed by atoms with Crippen molar-refractivity contribution in [2.45, 2.75) is 102 Å². The van der Waals surface area contributed by atoms with Crippen molar-refractivity contribution in [3.8, 4) is 0 Å². The standard InChI is InChI=1S/C27H50N6O8/c1-2-3-4-5-6-7-8-10-22(34)31-18-17-29-15-13-20(28)26(39)32-19-24(36)30-16-14-21(27(40)41)33-23(35)11-9-12-25(37)38/h20-21,29H,2-19,28H2,1H3,(H,30,36)(H,31,34)(H,32,39)(H,33,35)(H,37,38)(H,40,41). The second kappa shape index (κ2) is 24.5. The highest BCUT2D eigenvalue weighted by Gasteiger charge is 2.20. The zero-order valence-electron chi connectivity index (χ0n) is 24.3. The van der Waals surface area contributed by atoms with Gasteiger partial charge in [-0.2, -0.15) is 0 Å². The van der Waals surface area contributed by atoms with E-state index < -0.39 is 41.7 Å². The van der Waals surface area contributed by atoms with Crippen LogP contribution in [-0.4, -0.2) is 90.6 Å². The molecule has 0 bridgehead atoms. The van der Waals surface area contributed by atoms with Crippen molar-refractivity contribution < 1.29 is 39.0 Å². The summed E-state index contributed by atoms with van der Waals surface area (Å²) in [6, 6.07) is -2.09. The Morgan fingerprint density at radius 1 is 0.659 bits per heavy atom. The first-order valence-electron chi connectivity index (χ1n) is 14.6. The molecule has 0 radical (unpaired) electrons. The maximum absolute atomic E-state index is 12.1. The van der Waals surface area contributed by atoms with Crippen LogP contribution in [0, 0.1) is 0 Å². The van der Waals surface area contributed by atoms with Crippen LogP contribution >= 0.6 is 0 Å². The van der Waals surface area contributed by atoms with Crippen LogP contribution in [-0.2, 0) is 28.8 Å². The van der Waals surface area contributed by atoms with Gasteiger partial charge in [0.15, 0.2) is 0 Å². The van der Waals surface area contributed by atoms with E-state index in [9.17, 15) is 33.9 Å². The number of carbonyl (C=O) groups is 6. The van der Waals surface area contributed by atoms with Crippen molar-refractivity contribution in [3.05, 3.63) is 0 Å². The Morgan fingerprint density at radius 3 is 1.95 bits per heavy atom. The number of aliphatic carboxylic acids is 2. The molecule has 9 N–H and O–H groups in total. The van der Waals surface area contributed by atoms with E-state index in [1.807, 2.05) is 0 Å². The van der Waals surface area contributed by atoms with Gasteiger partial charge in [-0.1, -0.05) is 45.4 Å². The summed E-state index contributed by atoms with van der Waals surface area (Å²) >= 11 is 0. The number of hydrogen-bond acceptors (Lipinski definition) is 8. The smallest absolute Gasteiger partial charge is 0.326 e. The van der Waals surface area contributed by atoms with Gasteiger partial charge >= 0.3 is 11.9 Å². The average molecular weight is 587 g/mol. The number of amides is 4. The molecule has 0 aromatic carbocycles. The van der Waals surface area contributed by atoms with Crippen LogP contribution in [0.5, 0.6) is 0 Å². The number of carbonyl (C=O) groups excluding carboxylic acids is 4. The Morgan fingerprint density at radius 2 is 1.29 bits per heavy atom. The zero-order chi connectivity index (χ0) is 30.9. The molecule has 0 aliphatic heterocycles. The van der Waals surface area contributed by atoms with E-state index >= 15 is 0 Å². The quantitative estimate of drug-likeness (QED) is 0.0632. The van der Waals surface area contributed by atoms with Gasteiger partial charge in [0.25, 0.3) is 0 Å². The summed E-state index contributed by atoms with van der Waals surface area (Å²) in [5.74, 6) is -3.96. The van der Waals surface area contributed by atoms with E-state index in [0.717, 1.165) is 12.8 Å². The Kier molecular flexibility index (Phi) is 22.6. The van der Waals surface area contributed by atoms with Gasteiger partial charge in [0.1, 0.15) is 6.04 Å². The SMILES string of the molecule is CCCCCCCCCC(=O)NCCNCCC(N)C(=O)NCC(=O)NCCC(NC(=O)CCCC(=O)O)C(=O)O. The predicted molar refractivity (Wildman–Crippen MR) is 153 cm³/mol. The highest BCUT2D eigenvalue weighted by molar-refractivity contribution is 5.87. The van der Waals surface area contributed by atoms with E-state index in [2.05, 4.69) is 33.5 Å². The van der Waals surface area contributed by atoms with E-state index in [-0.39, 0.29) is 44.7 Å². The number of nitrogens with two attached hydrogens (primary N) is 1. The Balaban J connectivity index is 3.91. The molecule has 4 amide bonds. The molecule has 0 spiro atoms. The van der Waals surface area contributed by atoms with Crippen molar-refractivity contribution in [2.24, 2.45) is 5.73 Å². The van der Waals surface area contributed by atoms with Crippen LogP contribution in [0.4, 0.5) is 0 Å². The lowest BCUT2D eigenvalue weighted by atomic mass is 10.1. The monoisotopic (exact) mass is 586 g/mol. The first-order chi connectivity index (χ1) is 19.6. The molecule has 14 nitrogen and oxygen atoms in total. The predicted octanol–water partition coefficient (Wildman–Crippen LogP) is -0.00290. The third kappa shape index (κ3) is 23.2. The molecule has 0 aromatic heterocycles. The second-order valence-electron chi connectivity index (χ2n) is 9.93. The molecular formula is C27H50N6O8. The molecule has 0 saturated carbocycles. The van der Waals surface area contributed by atoms with Gasteiger partial charge in [-0.15, -0.1) is 0 Å². The Hall–Kier alpha value is -3.26. The number of hydrogen-bond donors (Lipinski definition) is 8. The van der Waals surface area contributed by atoms with Crippen LogP contribution in [0.25, 0.3) is 0 Å². The topological polar surface area (TPSA) is 229 Å². The molecule has 14 heteroatoms. The fourth-order valence-corrected chi connectivity index (χ4v) is 3.78. The minimum atomic E-state index is -1.29. The highest BCUT2D eigenvalue weighted by atomic mass is 16.4. The second-order valence-corrected chi connectivity index (χ2v) is 9.93. The first-order valence-corrected chi connectivity index (χ1v) is 14.6. The summed E-state index contributed by atoms with van der Waals surface area (Å²) in [5, 5.41) is 31.0. The summed E-state index contributed by atoms with van der Waals surface area (Å²) in [5.41, 5.74) is 5.85. The molecular weight excluding hydrogens is 536 g/mol. The zero-order valence-corrected chi connectivity index (χ0v) is 24.3. The molecule has 0 aliphatic carbocycles. The van der Waals surface area contributed by atoms with E-state index in [1.165, 1.54) is 32.1 Å². The van der Waals surface area contributed by atoms with Gasteiger partial charge in [0.2, 0.25) is 23.6 Å². The number of nitrogens with one attached hydrogen (secondary N) is 5. The Labute approximate surface area is 242 Å². The van der Waals surface area contributed by atoms with E-state index in [1.54, 1.807) is 0 Å². The largest absolute Gasteiger partial charge is 0.481 e. The van der Waals surface area contributed by atoms with Gasteiger partial charge < -0.3 is 42.5 Å². The molecule has 0 saturated heterocycles. The number of rotatable bonds is 26.